The minimum absolute atomic E-state index is 0.315. The Kier molecular flexibility index (Phi) is 3.76. The zero-order valence-electron chi connectivity index (χ0n) is 9.30. The van der Waals surface area contributed by atoms with Crippen LogP contribution in [0.5, 0.6) is 0 Å². The van der Waals surface area contributed by atoms with Gasteiger partial charge in [-0.1, -0.05) is 17.8 Å². The zero-order valence-corrected chi connectivity index (χ0v) is 10.1. The number of halogens is 1. The Labute approximate surface area is 104 Å². The molecule has 2 aromatic rings. The van der Waals surface area contributed by atoms with Crippen LogP contribution in [-0.2, 0) is 0 Å². The molecule has 0 saturated heterocycles. The van der Waals surface area contributed by atoms with Crippen LogP contribution in [0, 0.1) is 5.82 Å². The molecule has 0 radical (unpaired) electrons. The highest BCUT2D eigenvalue weighted by molar-refractivity contribution is 7.99. The lowest BCUT2D eigenvalue weighted by atomic mass is 10.1. The number of aromatic nitrogens is 1. The van der Waals surface area contributed by atoms with Crippen LogP contribution < -0.4 is 0 Å². The summed E-state index contributed by atoms with van der Waals surface area (Å²) in [4.78, 5) is 5.38. The van der Waals surface area contributed by atoms with Gasteiger partial charge in [-0.2, -0.15) is 0 Å². The predicted molar refractivity (Wildman–Crippen MR) is 65.4 cm³/mol. The number of nitrogens with zero attached hydrogens (tertiary/aromatic N) is 1. The largest absolute Gasteiger partial charge is 0.389 e. The van der Waals surface area contributed by atoms with Gasteiger partial charge in [0, 0.05) is 22.2 Å². The maximum Gasteiger partial charge on any atom is 0.137 e. The SMILES string of the molecule is CC(O)c1ccc(Sc2ccncc2)c(F)c1. The minimum Gasteiger partial charge on any atom is -0.389 e. The molecule has 1 N–H and O–H groups in total. The molecule has 0 fully saturated rings. The molecule has 2 nitrogen and oxygen atoms in total. The monoisotopic (exact) mass is 249 g/mol. The van der Waals surface area contributed by atoms with Gasteiger partial charge in [-0.05, 0) is 36.8 Å². The van der Waals surface area contributed by atoms with Crippen molar-refractivity contribution in [1.29, 1.82) is 0 Å². The molecular formula is C13H12FNOS. The lowest BCUT2D eigenvalue weighted by molar-refractivity contribution is 0.198. The van der Waals surface area contributed by atoms with Gasteiger partial charge in [0.15, 0.2) is 0 Å². The summed E-state index contributed by atoms with van der Waals surface area (Å²) < 4.78 is 13.7. The van der Waals surface area contributed by atoms with Gasteiger partial charge in [-0.25, -0.2) is 4.39 Å². The Hall–Kier alpha value is -1.39. The van der Waals surface area contributed by atoms with Crippen LogP contribution in [0.1, 0.15) is 18.6 Å². The van der Waals surface area contributed by atoms with Crippen LogP contribution in [0.25, 0.3) is 0 Å². The van der Waals surface area contributed by atoms with E-state index in [4.69, 9.17) is 0 Å². The van der Waals surface area contributed by atoms with E-state index >= 15 is 0 Å². The van der Waals surface area contributed by atoms with Gasteiger partial charge in [-0.15, -0.1) is 0 Å². The summed E-state index contributed by atoms with van der Waals surface area (Å²) in [6, 6.07) is 8.44. The van der Waals surface area contributed by atoms with Gasteiger partial charge in [-0.3, -0.25) is 4.98 Å². The Bertz CT molecular complexity index is 502. The van der Waals surface area contributed by atoms with E-state index in [-0.39, 0.29) is 5.82 Å². The molecule has 1 atom stereocenters. The zero-order chi connectivity index (χ0) is 12.3. The third-order valence-electron chi connectivity index (χ3n) is 2.32. The van der Waals surface area contributed by atoms with E-state index in [1.807, 2.05) is 12.1 Å². The van der Waals surface area contributed by atoms with Gasteiger partial charge in [0.25, 0.3) is 0 Å². The quantitative estimate of drug-likeness (QED) is 0.904. The second kappa shape index (κ2) is 5.29. The van der Waals surface area contributed by atoms with E-state index in [0.717, 1.165) is 4.90 Å². The number of aliphatic hydroxyl groups is 1. The highest BCUT2D eigenvalue weighted by atomic mass is 32.2. The number of aliphatic hydroxyl groups excluding tert-OH is 1. The third-order valence-corrected chi connectivity index (χ3v) is 3.37. The smallest absolute Gasteiger partial charge is 0.137 e. The van der Waals surface area contributed by atoms with Gasteiger partial charge in [0.1, 0.15) is 5.82 Å². The molecule has 0 aliphatic heterocycles. The topological polar surface area (TPSA) is 33.1 Å². The Morgan fingerprint density at radius 3 is 2.53 bits per heavy atom. The first-order valence-corrected chi connectivity index (χ1v) is 6.04. The molecule has 0 amide bonds. The first-order chi connectivity index (χ1) is 8.16. The summed E-state index contributed by atoms with van der Waals surface area (Å²) in [5, 5.41) is 9.35. The summed E-state index contributed by atoms with van der Waals surface area (Å²) in [6.45, 7) is 1.62. The standard InChI is InChI=1S/C13H12FNOS/c1-9(16)10-2-3-13(12(14)8-10)17-11-4-6-15-7-5-11/h2-9,16H,1H3. The molecule has 1 aromatic heterocycles. The van der Waals surface area contributed by atoms with E-state index in [0.29, 0.717) is 10.5 Å². The molecule has 1 unspecified atom stereocenters. The fourth-order valence-corrected chi connectivity index (χ4v) is 2.20. The van der Waals surface area contributed by atoms with Crippen LogP contribution >= 0.6 is 11.8 Å². The van der Waals surface area contributed by atoms with Crippen molar-refractivity contribution in [3.63, 3.8) is 0 Å². The first-order valence-electron chi connectivity index (χ1n) is 5.22. The fraction of sp³-hybridized carbons (Fsp3) is 0.154. The molecule has 0 spiro atoms. The van der Waals surface area contributed by atoms with E-state index in [1.165, 1.54) is 17.8 Å². The number of hydrogen-bond donors (Lipinski definition) is 1. The van der Waals surface area contributed by atoms with Crippen LogP contribution in [-0.4, -0.2) is 10.1 Å². The molecule has 0 bridgehead atoms. The Morgan fingerprint density at radius 1 is 1.24 bits per heavy atom. The molecule has 88 valence electrons. The molecule has 0 saturated carbocycles. The first kappa shape index (κ1) is 12.1. The van der Waals surface area contributed by atoms with E-state index < -0.39 is 6.10 Å². The van der Waals surface area contributed by atoms with Crippen molar-refractivity contribution < 1.29 is 9.50 Å². The summed E-state index contributed by atoms with van der Waals surface area (Å²) >= 11 is 1.34. The second-order valence-electron chi connectivity index (χ2n) is 3.65. The van der Waals surface area contributed by atoms with Crippen LogP contribution in [0.2, 0.25) is 0 Å². The Balaban J connectivity index is 2.23. The molecule has 0 aliphatic carbocycles. The molecule has 0 aliphatic rings. The fourth-order valence-electron chi connectivity index (χ4n) is 1.39. The molecule has 2 rings (SSSR count). The van der Waals surface area contributed by atoms with Crippen molar-refractivity contribution in [2.45, 2.75) is 22.8 Å². The molecular weight excluding hydrogens is 237 g/mol. The van der Waals surface area contributed by atoms with Crippen LogP contribution in [0.3, 0.4) is 0 Å². The number of hydrogen-bond acceptors (Lipinski definition) is 3. The molecule has 17 heavy (non-hydrogen) atoms. The average Bonchev–Trinajstić information content (AvgIpc) is 2.33. The maximum absolute atomic E-state index is 13.7. The molecule has 4 heteroatoms. The lowest BCUT2D eigenvalue weighted by Gasteiger charge is -2.07. The highest BCUT2D eigenvalue weighted by Gasteiger charge is 2.08. The van der Waals surface area contributed by atoms with Crippen molar-refractivity contribution >= 4 is 11.8 Å². The Morgan fingerprint density at radius 2 is 1.94 bits per heavy atom. The molecule has 1 heterocycles. The number of pyridine rings is 1. The van der Waals surface area contributed by atoms with Gasteiger partial charge >= 0.3 is 0 Å². The van der Waals surface area contributed by atoms with Crippen molar-refractivity contribution in [3.8, 4) is 0 Å². The predicted octanol–water partition coefficient (Wildman–Crippen LogP) is 3.43. The van der Waals surface area contributed by atoms with Crippen molar-refractivity contribution in [3.05, 3.63) is 54.1 Å². The maximum atomic E-state index is 13.7. The van der Waals surface area contributed by atoms with Gasteiger partial charge in [0.2, 0.25) is 0 Å². The highest BCUT2D eigenvalue weighted by Crippen LogP contribution is 2.30. The van der Waals surface area contributed by atoms with Gasteiger partial charge in [0.05, 0.1) is 6.10 Å². The van der Waals surface area contributed by atoms with E-state index in [1.54, 1.807) is 31.5 Å². The van der Waals surface area contributed by atoms with Crippen molar-refractivity contribution in [2.75, 3.05) is 0 Å². The summed E-state index contributed by atoms with van der Waals surface area (Å²) in [6.07, 6.45) is 2.69. The molecule has 1 aromatic carbocycles. The van der Waals surface area contributed by atoms with Gasteiger partial charge < -0.3 is 5.11 Å². The van der Waals surface area contributed by atoms with E-state index in [9.17, 15) is 9.50 Å². The summed E-state index contributed by atoms with van der Waals surface area (Å²) in [5.74, 6) is -0.315. The van der Waals surface area contributed by atoms with Crippen molar-refractivity contribution in [2.24, 2.45) is 0 Å². The average molecular weight is 249 g/mol. The van der Waals surface area contributed by atoms with Crippen LogP contribution in [0.4, 0.5) is 4.39 Å². The summed E-state index contributed by atoms with van der Waals surface area (Å²) in [7, 11) is 0. The normalized spacial score (nSPS) is 12.4. The van der Waals surface area contributed by atoms with E-state index in [2.05, 4.69) is 4.98 Å². The number of benzene rings is 1. The number of rotatable bonds is 3. The minimum atomic E-state index is -0.649. The van der Waals surface area contributed by atoms with Crippen molar-refractivity contribution in [1.82, 2.24) is 4.98 Å². The lowest BCUT2D eigenvalue weighted by Crippen LogP contribution is -1.92. The summed E-state index contributed by atoms with van der Waals surface area (Å²) in [5.41, 5.74) is 0.585. The third kappa shape index (κ3) is 3.05. The second-order valence-corrected chi connectivity index (χ2v) is 4.77. The van der Waals surface area contributed by atoms with Crippen LogP contribution in [0.15, 0.2) is 52.5 Å².